The van der Waals surface area contributed by atoms with Gasteiger partial charge in [0.25, 0.3) is 0 Å². The molecule has 6 heteroatoms. The van der Waals surface area contributed by atoms with E-state index in [4.69, 9.17) is 20.4 Å². The topological polar surface area (TPSA) is 115 Å². The highest BCUT2D eigenvalue weighted by molar-refractivity contribution is 5.87. The van der Waals surface area contributed by atoms with Crippen molar-refractivity contribution in [2.24, 2.45) is 0 Å². The fourth-order valence-corrected chi connectivity index (χ4v) is 1.89. The van der Waals surface area contributed by atoms with E-state index in [9.17, 15) is 9.59 Å². The van der Waals surface area contributed by atoms with Crippen molar-refractivity contribution in [3.63, 3.8) is 0 Å². The van der Waals surface area contributed by atoms with E-state index in [1.807, 2.05) is 0 Å². The third-order valence-corrected chi connectivity index (χ3v) is 3.39. The van der Waals surface area contributed by atoms with Gasteiger partial charge in [-0.3, -0.25) is 0 Å². The minimum absolute atomic E-state index is 0.102. The molecule has 0 aliphatic rings. The van der Waals surface area contributed by atoms with E-state index >= 15 is 0 Å². The van der Waals surface area contributed by atoms with Gasteiger partial charge in [-0.1, -0.05) is 56.2 Å². The molecule has 2 aromatic carbocycles. The smallest absolute Gasteiger partial charge is 0.335 e. The second-order valence-corrected chi connectivity index (χ2v) is 5.65. The minimum atomic E-state index is -0.879. The Morgan fingerprint density at radius 2 is 1.22 bits per heavy atom. The Balaban J connectivity index is 0.000000376. The molecule has 0 saturated carbocycles. The Morgan fingerprint density at radius 3 is 1.48 bits per heavy atom. The van der Waals surface area contributed by atoms with Crippen molar-refractivity contribution in [1.82, 2.24) is 0 Å². The molecular weight excluding hydrogens is 348 g/mol. The van der Waals surface area contributed by atoms with Gasteiger partial charge in [0.05, 0.1) is 17.2 Å². The number of hydrogen-bond acceptors (Lipinski definition) is 4. The molecule has 4 N–H and O–H groups in total. The molecule has 0 aliphatic carbocycles. The normalized spacial score (nSPS) is 10.5. The van der Waals surface area contributed by atoms with Gasteiger partial charge in [0.1, 0.15) is 0 Å². The van der Waals surface area contributed by atoms with Crippen molar-refractivity contribution in [2.45, 2.75) is 38.7 Å². The van der Waals surface area contributed by atoms with Gasteiger partial charge in [0, 0.05) is 6.61 Å². The first-order valence-corrected chi connectivity index (χ1v) is 8.77. The van der Waals surface area contributed by atoms with Gasteiger partial charge in [-0.05, 0) is 37.1 Å². The second kappa shape index (κ2) is 15.5. The first-order chi connectivity index (χ1) is 12.9. The average molecular weight is 376 g/mol. The molecule has 0 saturated heterocycles. The Labute approximate surface area is 159 Å². The third kappa shape index (κ3) is 13.2. The van der Waals surface area contributed by atoms with Crippen LogP contribution in [0.1, 0.15) is 53.3 Å². The molecule has 2 rings (SSSR count). The summed E-state index contributed by atoms with van der Waals surface area (Å²) in [5, 5.41) is 34.2. The Kier molecular flexibility index (Phi) is 14.0. The molecule has 148 valence electrons. The number of carboxylic acids is 2. The van der Waals surface area contributed by atoms with Crippen LogP contribution in [0, 0.1) is 0 Å². The van der Waals surface area contributed by atoms with Crippen molar-refractivity contribution in [1.29, 1.82) is 0 Å². The first kappa shape index (κ1) is 24.3. The Morgan fingerprint density at radius 1 is 0.815 bits per heavy atom. The van der Waals surface area contributed by atoms with Crippen LogP contribution in [0.4, 0.5) is 0 Å². The summed E-state index contributed by atoms with van der Waals surface area (Å²) in [6.07, 6.45) is 3.25. The maximum absolute atomic E-state index is 10.2. The second-order valence-electron chi connectivity index (χ2n) is 5.65. The molecule has 27 heavy (non-hydrogen) atoms. The zero-order chi connectivity index (χ0) is 20.5. The van der Waals surface area contributed by atoms with Crippen molar-refractivity contribution in [2.75, 3.05) is 6.61 Å². The zero-order valence-electron chi connectivity index (χ0n) is 15.5. The number of rotatable bonds is 7. The summed E-state index contributed by atoms with van der Waals surface area (Å²) >= 11 is 0. The van der Waals surface area contributed by atoms with Crippen LogP contribution >= 0.6 is 0 Å². The van der Waals surface area contributed by atoms with Gasteiger partial charge in [-0.2, -0.15) is 0 Å². The lowest BCUT2D eigenvalue weighted by Gasteiger charge is -2.05. The summed E-state index contributed by atoms with van der Waals surface area (Å²) in [4.78, 5) is 20.4. The predicted molar refractivity (Wildman–Crippen MR) is 104 cm³/mol. The van der Waals surface area contributed by atoms with Gasteiger partial charge in [-0.25, -0.2) is 9.59 Å². The number of carbonyl (C=O) groups is 2. The molecule has 1 atom stereocenters. The van der Waals surface area contributed by atoms with Gasteiger partial charge < -0.3 is 20.4 Å². The van der Waals surface area contributed by atoms with E-state index in [-0.39, 0.29) is 12.7 Å². The fourth-order valence-electron chi connectivity index (χ4n) is 1.89. The van der Waals surface area contributed by atoms with Gasteiger partial charge in [0.15, 0.2) is 0 Å². The van der Waals surface area contributed by atoms with Crippen LogP contribution in [0.25, 0.3) is 0 Å². The zero-order valence-corrected chi connectivity index (χ0v) is 15.5. The molecular formula is C21H28O6. The first-order valence-electron chi connectivity index (χ1n) is 8.77. The highest BCUT2D eigenvalue weighted by Crippen LogP contribution is 2.02. The van der Waals surface area contributed by atoms with Gasteiger partial charge in [0.2, 0.25) is 0 Å². The van der Waals surface area contributed by atoms with Crippen LogP contribution in [0.15, 0.2) is 60.7 Å². The molecule has 0 heterocycles. The van der Waals surface area contributed by atoms with Crippen molar-refractivity contribution >= 4 is 11.9 Å². The number of aromatic carboxylic acids is 2. The van der Waals surface area contributed by atoms with Crippen LogP contribution in [0.5, 0.6) is 0 Å². The summed E-state index contributed by atoms with van der Waals surface area (Å²) in [7, 11) is 0. The molecule has 2 aromatic rings. The molecule has 6 nitrogen and oxygen atoms in total. The van der Waals surface area contributed by atoms with E-state index in [0.717, 1.165) is 19.3 Å². The molecule has 0 spiro atoms. The van der Waals surface area contributed by atoms with E-state index in [0.29, 0.717) is 17.5 Å². The molecule has 0 aliphatic heterocycles. The summed E-state index contributed by atoms with van der Waals surface area (Å²) in [6.45, 7) is 2.19. The SMILES string of the molecule is CCCCC(O)CCO.O=C(O)c1ccccc1.O=C(O)c1ccccc1. The largest absolute Gasteiger partial charge is 0.478 e. The number of aliphatic hydroxyl groups is 2. The Hall–Kier alpha value is -2.70. The van der Waals surface area contributed by atoms with E-state index in [2.05, 4.69) is 6.92 Å². The quantitative estimate of drug-likeness (QED) is 0.586. The highest BCUT2D eigenvalue weighted by atomic mass is 16.4. The number of unbranched alkanes of at least 4 members (excludes halogenated alkanes) is 1. The molecule has 0 radical (unpaired) electrons. The standard InChI is InChI=1S/2C7H6O2.C7H16O2/c2*8-7(9)6-4-2-1-3-5-6;1-2-3-4-7(9)5-6-8/h2*1-5H,(H,8,9);7-9H,2-6H2,1H3. The lowest BCUT2D eigenvalue weighted by atomic mass is 10.1. The predicted octanol–water partition coefficient (Wildman–Crippen LogP) is 3.69. The maximum Gasteiger partial charge on any atom is 0.335 e. The number of carboxylic acid groups (broad SMARTS) is 2. The summed E-state index contributed by atoms with van der Waals surface area (Å²) in [5.74, 6) is -1.76. The molecule has 0 aromatic heterocycles. The fraction of sp³-hybridized carbons (Fsp3) is 0.333. The van der Waals surface area contributed by atoms with Crippen LogP contribution in [-0.2, 0) is 0 Å². The van der Waals surface area contributed by atoms with Crippen molar-refractivity contribution in [3.8, 4) is 0 Å². The molecule has 0 bridgehead atoms. The van der Waals surface area contributed by atoms with E-state index in [1.165, 1.54) is 0 Å². The lowest BCUT2D eigenvalue weighted by Crippen LogP contribution is -2.07. The van der Waals surface area contributed by atoms with Crippen LogP contribution in [-0.4, -0.2) is 45.1 Å². The highest BCUT2D eigenvalue weighted by Gasteiger charge is 2.00. The average Bonchev–Trinajstić information content (AvgIpc) is 2.69. The van der Waals surface area contributed by atoms with Gasteiger partial charge in [-0.15, -0.1) is 0 Å². The van der Waals surface area contributed by atoms with Crippen molar-refractivity contribution in [3.05, 3.63) is 71.8 Å². The van der Waals surface area contributed by atoms with E-state index in [1.54, 1.807) is 60.7 Å². The monoisotopic (exact) mass is 376 g/mol. The molecule has 1 unspecified atom stereocenters. The summed E-state index contributed by atoms with van der Waals surface area (Å²) < 4.78 is 0. The van der Waals surface area contributed by atoms with E-state index < -0.39 is 11.9 Å². The van der Waals surface area contributed by atoms with Gasteiger partial charge >= 0.3 is 11.9 Å². The maximum atomic E-state index is 10.2. The Bertz CT molecular complexity index is 578. The number of benzene rings is 2. The molecule has 0 amide bonds. The third-order valence-electron chi connectivity index (χ3n) is 3.39. The van der Waals surface area contributed by atoms with Crippen LogP contribution in [0.2, 0.25) is 0 Å². The molecule has 0 fully saturated rings. The summed E-state index contributed by atoms with van der Waals surface area (Å²) in [6, 6.07) is 16.6. The van der Waals surface area contributed by atoms with Crippen LogP contribution in [0.3, 0.4) is 0 Å². The minimum Gasteiger partial charge on any atom is -0.478 e. The van der Waals surface area contributed by atoms with Crippen LogP contribution < -0.4 is 0 Å². The lowest BCUT2D eigenvalue weighted by molar-refractivity contribution is 0.0686. The van der Waals surface area contributed by atoms with Crippen molar-refractivity contribution < 1.29 is 30.0 Å². The number of hydrogen-bond donors (Lipinski definition) is 4. The number of aliphatic hydroxyl groups excluding tert-OH is 2. The summed E-state index contributed by atoms with van der Waals surface area (Å²) in [5.41, 5.74) is 0.662.